The molecular weight excluding hydrogens is 192 g/mol. The second-order valence-electron chi connectivity index (χ2n) is 3.00. The molecule has 0 N–H and O–H groups in total. The molecule has 1 aliphatic rings. The normalized spacial score (nSPS) is 17.1. The smallest absolute Gasteiger partial charge is 0.318 e. The van der Waals surface area contributed by atoms with Gasteiger partial charge in [0.05, 0.1) is 6.54 Å². The number of hydrogen-bond acceptors (Lipinski definition) is 2. The van der Waals surface area contributed by atoms with Crippen LogP contribution in [-0.4, -0.2) is 47.8 Å². The summed E-state index contributed by atoms with van der Waals surface area (Å²) in [5.74, 6) is 0.0691. The minimum Gasteiger partial charge on any atom is -0.318 e. The van der Waals surface area contributed by atoms with Crippen LogP contribution in [-0.2, 0) is 4.79 Å². The summed E-state index contributed by atoms with van der Waals surface area (Å²) in [6.45, 7) is 4.01. The Morgan fingerprint density at radius 1 is 1.62 bits per heavy atom. The lowest BCUT2D eigenvalue weighted by Crippen LogP contribution is -2.33. The van der Waals surface area contributed by atoms with Crippen LogP contribution in [0.2, 0.25) is 0 Å². The van der Waals surface area contributed by atoms with Crippen molar-refractivity contribution in [2.45, 2.75) is 0 Å². The van der Waals surface area contributed by atoms with Gasteiger partial charge in [-0.3, -0.25) is 9.69 Å². The Balaban J connectivity index is 2.64. The Labute approximate surface area is 81.7 Å². The third-order valence-electron chi connectivity index (χ3n) is 1.80. The molecule has 72 valence electrons. The first-order chi connectivity index (χ1) is 6.06. The maximum Gasteiger partial charge on any atom is 0.327 e. The molecule has 0 unspecified atom stereocenters. The molecule has 0 bridgehead atoms. The summed E-state index contributed by atoms with van der Waals surface area (Å²) in [6.07, 6.45) is 0. The van der Waals surface area contributed by atoms with Crippen molar-refractivity contribution in [3.8, 4) is 0 Å². The maximum atomic E-state index is 11.3. The number of likely N-dealkylation sites (N-methyl/N-ethyl adjacent to an activating group) is 1. The summed E-state index contributed by atoms with van der Waals surface area (Å²) >= 11 is 5.50. The van der Waals surface area contributed by atoms with Gasteiger partial charge in [0.15, 0.2) is 0 Å². The SMILES string of the molecule is C=C(CCl)CN1C(=O)CN(C)C1=O. The number of alkyl halides is 1. The number of carbonyl (C=O) groups is 2. The Bertz CT molecular complexity index is 265. The summed E-state index contributed by atoms with van der Waals surface area (Å²) in [5.41, 5.74) is 0.665. The van der Waals surface area contributed by atoms with Gasteiger partial charge in [0.25, 0.3) is 5.91 Å². The van der Waals surface area contributed by atoms with Gasteiger partial charge in [-0.05, 0) is 5.57 Å². The fraction of sp³-hybridized carbons (Fsp3) is 0.500. The van der Waals surface area contributed by atoms with E-state index in [0.717, 1.165) is 4.90 Å². The van der Waals surface area contributed by atoms with Gasteiger partial charge < -0.3 is 4.90 Å². The van der Waals surface area contributed by atoms with Gasteiger partial charge >= 0.3 is 6.03 Å². The zero-order valence-electron chi connectivity index (χ0n) is 7.42. The van der Waals surface area contributed by atoms with Gasteiger partial charge in [0, 0.05) is 12.9 Å². The maximum absolute atomic E-state index is 11.3. The van der Waals surface area contributed by atoms with Crippen LogP contribution >= 0.6 is 11.6 Å². The number of hydrogen-bond donors (Lipinski definition) is 0. The van der Waals surface area contributed by atoms with Gasteiger partial charge in [-0.1, -0.05) is 6.58 Å². The molecule has 0 spiro atoms. The number of amides is 3. The summed E-state index contributed by atoms with van der Waals surface area (Å²) in [4.78, 5) is 25.1. The molecule has 0 aliphatic carbocycles. The van der Waals surface area contributed by atoms with Gasteiger partial charge in [-0.25, -0.2) is 4.79 Å². The Morgan fingerprint density at radius 3 is 2.62 bits per heavy atom. The molecule has 0 saturated carbocycles. The van der Waals surface area contributed by atoms with Crippen molar-refractivity contribution in [3.05, 3.63) is 12.2 Å². The van der Waals surface area contributed by atoms with E-state index in [0.29, 0.717) is 5.57 Å². The van der Waals surface area contributed by atoms with Crippen molar-refractivity contribution in [2.24, 2.45) is 0 Å². The second-order valence-corrected chi connectivity index (χ2v) is 3.27. The minimum absolute atomic E-state index is 0.147. The molecule has 4 nitrogen and oxygen atoms in total. The first-order valence-corrected chi connectivity index (χ1v) is 4.37. The molecule has 5 heteroatoms. The number of urea groups is 1. The van der Waals surface area contributed by atoms with E-state index in [1.807, 2.05) is 0 Å². The van der Waals surface area contributed by atoms with Crippen molar-refractivity contribution in [1.29, 1.82) is 0 Å². The molecule has 0 atom stereocenters. The number of rotatable bonds is 3. The van der Waals surface area contributed by atoms with Crippen molar-refractivity contribution in [2.75, 3.05) is 26.0 Å². The lowest BCUT2D eigenvalue weighted by Gasteiger charge is -2.14. The quantitative estimate of drug-likeness (QED) is 0.384. The molecule has 13 heavy (non-hydrogen) atoms. The van der Waals surface area contributed by atoms with Crippen molar-refractivity contribution in [3.63, 3.8) is 0 Å². The van der Waals surface area contributed by atoms with Crippen LogP contribution in [0.15, 0.2) is 12.2 Å². The minimum atomic E-state index is -0.281. The average Bonchev–Trinajstić information content (AvgIpc) is 2.32. The number of halogens is 1. The van der Waals surface area contributed by atoms with Gasteiger partial charge in [0.2, 0.25) is 0 Å². The molecule has 0 radical (unpaired) electrons. The molecule has 1 saturated heterocycles. The average molecular weight is 203 g/mol. The molecule has 1 aliphatic heterocycles. The summed E-state index contributed by atoms with van der Waals surface area (Å²) in [7, 11) is 1.59. The van der Waals surface area contributed by atoms with Gasteiger partial charge in [-0.2, -0.15) is 0 Å². The van der Waals surface area contributed by atoms with E-state index in [1.165, 1.54) is 4.90 Å². The van der Waals surface area contributed by atoms with Crippen LogP contribution < -0.4 is 0 Å². The van der Waals surface area contributed by atoms with Gasteiger partial charge in [0.1, 0.15) is 6.54 Å². The first kappa shape index (κ1) is 10.1. The second kappa shape index (κ2) is 3.79. The Kier molecular flexibility index (Phi) is 2.93. The molecule has 1 heterocycles. The highest BCUT2D eigenvalue weighted by Gasteiger charge is 2.33. The van der Waals surface area contributed by atoms with Crippen LogP contribution in [0.3, 0.4) is 0 Å². The van der Waals surface area contributed by atoms with Crippen LogP contribution in [0.5, 0.6) is 0 Å². The topological polar surface area (TPSA) is 40.6 Å². The fourth-order valence-corrected chi connectivity index (χ4v) is 1.17. The van der Waals surface area contributed by atoms with E-state index < -0.39 is 0 Å². The summed E-state index contributed by atoms with van der Waals surface area (Å²) < 4.78 is 0. The standard InChI is InChI=1S/C8H11ClN2O2/c1-6(3-9)4-11-7(12)5-10(2)8(11)13/h1,3-5H2,2H3. The van der Waals surface area contributed by atoms with Crippen molar-refractivity contribution < 1.29 is 9.59 Å². The predicted molar refractivity (Wildman–Crippen MR) is 49.6 cm³/mol. The molecule has 0 aromatic heterocycles. The monoisotopic (exact) mass is 202 g/mol. The Hall–Kier alpha value is -1.03. The van der Waals surface area contributed by atoms with E-state index in [2.05, 4.69) is 6.58 Å². The fourth-order valence-electron chi connectivity index (χ4n) is 1.09. The third kappa shape index (κ3) is 2.01. The van der Waals surface area contributed by atoms with Gasteiger partial charge in [-0.15, -0.1) is 11.6 Å². The largest absolute Gasteiger partial charge is 0.327 e. The molecule has 0 aromatic rings. The van der Waals surface area contributed by atoms with Crippen LogP contribution in [0.25, 0.3) is 0 Å². The highest BCUT2D eigenvalue weighted by Crippen LogP contribution is 2.10. The van der Waals surface area contributed by atoms with Crippen LogP contribution in [0.1, 0.15) is 0 Å². The van der Waals surface area contributed by atoms with Crippen molar-refractivity contribution in [1.82, 2.24) is 9.80 Å². The molecular formula is C8H11ClN2O2. The highest BCUT2D eigenvalue weighted by atomic mass is 35.5. The Morgan fingerprint density at radius 2 is 2.23 bits per heavy atom. The van der Waals surface area contributed by atoms with Crippen LogP contribution in [0, 0.1) is 0 Å². The number of carbonyl (C=O) groups excluding carboxylic acids is 2. The van der Waals surface area contributed by atoms with E-state index >= 15 is 0 Å². The van der Waals surface area contributed by atoms with E-state index in [9.17, 15) is 9.59 Å². The summed E-state index contributed by atoms with van der Waals surface area (Å²) in [6, 6.07) is -0.281. The molecule has 0 aromatic carbocycles. The van der Waals surface area contributed by atoms with E-state index in [1.54, 1.807) is 7.05 Å². The highest BCUT2D eigenvalue weighted by molar-refractivity contribution is 6.19. The molecule has 1 rings (SSSR count). The van der Waals surface area contributed by atoms with E-state index in [4.69, 9.17) is 11.6 Å². The third-order valence-corrected chi connectivity index (χ3v) is 2.18. The van der Waals surface area contributed by atoms with Crippen LogP contribution in [0.4, 0.5) is 4.79 Å². The first-order valence-electron chi connectivity index (χ1n) is 3.84. The predicted octanol–water partition coefficient (Wildman–Crippen LogP) is 0.675. The molecule has 3 amide bonds. The number of nitrogens with zero attached hydrogens (tertiary/aromatic N) is 2. The van der Waals surface area contributed by atoms with E-state index in [-0.39, 0.29) is 30.9 Å². The summed E-state index contributed by atoms with van der Waals surface area (Å²) in [5, 5.41) is 0. The zero-order chi connectivity index (χ0) is 10.0. The van der Waals surface area contributed by atoms with Crippen molar-refractivity contribution >= 4 is 23.5 Å². The number of imide groups is 1. The zero-order valence-corrected chi connectivity index (χ0v) is 8.17. The molecule has 1 fully saturated rings. The lowest BCUT2D eigenvalue weighted by atomic mass is 10.3. The lowest BCUT2D eigenvalue weighted by molar-refractivity contribution is -0.125.